The van der Waals surface area contributed by atoms with Crippen molar-refractivity contribution in [2.75, 3.05) is 0 Å². The van der Waals surface area contributed by atoms with Crippen molar-refractivity contribution < 1.29 is 0 Å². The molecular weight excluding hydrogens is 288 g/mol. The molecule has 0 spiro atoms. The van der Waals surface area contributed by atoms with Crippen LogP contribution in [0.15, 0.2) is 41.6 Å². The molecular formula is C14H12N4S2. The minimum absolute atomic E-state index is 0.751. The fraction of sp³-hybridized carbons (Fsp3) is 0.143. The van der Waals surface area contributed by atoms with Crippen LogP contribution in [0.3, 0.4) is 0 Å². The fourth-order valence-electron chi connectivity index (χ4n) is 2.27. The second-order valence-corrected chi connectivity index (χ2v) is 6.43. The Morgan fingerprint density at radius 2 is 2.15 bits per heavy atom. The number of hydrogen-bond acceptors (Lipinski definition) is 4. The zero-order valence-electron chi connectivity index (χ0n) is 10.9. The average Bonchev–Trinajstić information content (AvgIpc) is 3.12. The Hall–Kier alpha value is -1.92. The van der Waals surface area contributed by atoms with Gasteiger partial charge in [0.05, 0.1) is 17.1 Å². The number of rotatable bonds is 3. The predicted octanol–water partition coefficient (Wildman–Crippen LogP) is 3.68. The molecule has 0 aliphatic carbocycles. The van der Waals surface area contributed by atoms with Gasteiger partial charge in [0, 0.05) is 30.2 Å². The molecule has 4 nitrogen and oxygen atoms in total. The van der Waals surface area contributed by atoms with Crippen molar-refractivity contribution in [2.24, 2.45) is 0 Å². The van der Waals surface area contributed by atoms with E-state index in [0.29, 0.717) is 0 Å². The van der Waals surface area contributed by atoms with E-state index in [4.69, 9.17) is 0 Å². The van der Waals surface area contributed by atoms with Gasteiger partial charge in [-0.25, -0.2) is 9.97 Å². The quantitative estimate of drug-likeness (QED) is 0.578. The SMILES string of the molecule is Cc1ccsc1-c1nccn1Cc1cn2ccsc2n1. The van der Waals surface area contributed by atoms with Gasteiger partial charge in [-0.2, -0.15) is 0 Å². The highest BCUT2D eigenvalue weighted by atomic mass is 32.1. The van der Waals surface area contributed by atoms with Crippen molar-refractivity contribution in [3.63, 3.8) is 0 Å². The maximum atomic E-state index is 4.63. The number of thiazole rings is 1. The van der Waals surface area contributed by atoms with Gasteiger partial charge in [0.25, 0.3) is 0 Å². The molecule has 0 bridgehead atoms. The van der Waals surface area contributed by atoms with E-state index >= 15 is 0 Å². The maximum absolute atomic E-state index is 4.63. The zero-order valence-corrected chi connectivity index (χ0v) is 12.5. The zero-order chi connectivity index (χ0) is 13.5. The topological polar surface area (TPSA) is 35.1 Å². The Morgan fingerprint density at radius 1 is 1.20 bits per heavy atom. The number of hydrogen-bond donors (Lipinski definition) is 0. The average molecular weight is 300 g/mol. The van der Waals surface area contributed by atoms with Gasteiger partial charge in [-0.05, 0) is 23.9 Å². The van der Waals surface area contributed by atoms with Gasteiger partial charge in [0.1, 0.15) is 0 Å². The lowest BCUT2D eigenvalue weighted by atomic mass is 10.3. The van der Waals surface area contributed by atoms with Crippen LogP contribution in [0, 0.1) is 6.92 Å². The molecule has 0 unspecified atom stereocenters. The Kier molecular flexibility index (Phi) is 2.71. The molecule has 0 N–H and O–H groups in total. The van der Waals surface area contributed by atoms with Gasteiger partial charge < -0.3 is 4.57 Å². The molecule has 0 amide bonds. The van der Waals surface area contributed by atoms with E-state index in [0.717, 1.165) is 23.0 Å². The summed E-state index contributed by atoms with van der Waals surface area (Å²) in [4.78, 5) is 11.4. The Bertz CT molecular complexity index is 836. The molecule has 4 rings (SSSR count). The molecule has 4 aromatic rings. The Balaban J connectivity index is 1.71. The second-order valence-electron chi connectivity index (χ2n) is 4.64. The molecule has 20 heavy (non-hydrogen) atoms. The van der Waals surface area contributed by atoms with Crippen LogP contribution >= 0.6 is 22.7 Å². The first-order chi connectivity index (χ1) is 9.81. The van der Waals surface area contributed by atoms with Gasteiger partial charge >= 0.3 is 0 Å². The summed E-state index contributed by atoms with van der Waals surface area (Å²) in [6.07, 6.45) is 7.99. The number of aryl methyl sites for hydroxylation is 1. The molecule has 0 aliphatic heterocycles. The Labute approximate surface area is 124 Å². The molecule has 100 valence electrons. The lowest BCUT2D eigenvalue weighted by Gasteiger charge is -2.05. The summed E-state index contributed by atoms with van der Waals surface area (Å²) < 4.78 is 4.22. The van der Waals surface area contributed by atoms with Crippen molar-refractivity contribution in [1.29, 1.82) is 0 Å². The Morgan fingerprint density at radius 3 is 2.95 bits per heavy atom. The number of fused-ring (bicyclic) bond motifs is 1. The summed E-state index contributed by atoms with van der Waals surface area (Å²) in [7, 11) is 0. The standard InChI is InChI=1S/C14H12N4S2/c1-10-2-6-19-12(10)13-15-3-4-17(13)8-11-9-18-5-7-20-14(18)16-11/h2-7,9H,8H2,1H3. The van der Waals surface area contributed by atoms with Crippen LogP contribution in [0.1, 0.15) is 11.3 Å². The van der Waals surface area contributed by atoms with Crippen LogP contribution in [0.25, 0.3) is 15.7 Å². The van der Waals surface area contributed by atoms with Gasteiger partial charge in [-0.1, -0.05) is 0 Å². The highest BCUT2D eigenvalue weighted by molar-refractivity contribution is 7.15. The molecule has 4 heterocycles. The largest absolute Gasteiger partial charge is 0.324 e. The highest BCUT2D eigenvalue weighted by Crippen LogP contribution is 2.28. The summed E-state index contributed by atoms with van der Waals surface area (Å²) in [5, 5.41) is 4.15. The van der Waals surface area contributed by atoms with E-state index in [1.807, 2.05) is 24.0 Å². The van der Waals surface area contributed by atoms with Crippen LogP contribution in [-0.2, 0) is 6.54 Å². The van der Waals surface area contributed by atoms with E-state index < -0.39 is 0 Å². The number of aromatic nitrogens is 4. The van der Waals surface area contributed by atoms with Crippen molar-refractivity contribution >= 4 is 27.6 Å². The van der Waals surface area contributed by atoms with Crippen LogP contribution in [0.2, 0.25) is 0 Å². The van der Waals surface area contributed by atoms with Gasteiger partial charge in [0.2, 0.25) is 0 Å². The third-order valence-electron chi connectivity index (χ3n) is 3.26. The molecule has 0 saturated heterocycles. The van der Waals surface area contributed by atoms with Crippen LogP contribution in [0.5, 0.6) is 0 Å². The van der Waals surface area contributed by atoms with Crippen LogP contribution in [-0.4, -0.2) is 18.9 Å². The van der Waals surface area contributed by atoms with E-state index in [1.165, 1.54) is 10.4 Å². The number of imidazole rings is 2. The number of nitrogens with zero attached hydrogens (tertiary/aromatic N) is 4. The first-order valence-corrected chi connectivity index (χ1v) is 8.04. The summed E-state index contributed by atoms with van der Waals surface area (Å²) >= 11 is 3.39. The van der Waals surface area contributed by atoms with Gasteiger partial charge in [0.15, 0.2) is 10.8 Å². The predicted molar refractivity (Wildman–Crippen MR) is 82.4 cm³/mol. The second kappa shape index (κ2) is 4.57. The highest BCUT2D eigenvalue weighted by Gasteiger charge is 2.11. The van der Waals surface area contributed by atoms with Crippen molar-refractivity contribution in [3.8, 4) is 10.7 Å². The van der Waals surface area contributed by atoms with E-state index in [2.05, 4.69) is 43.5 Å². The molecule has 4 aromatic heterocycles. The molecule has 0 radical (unpaired) electrons. The number of thiophene rings is 1. The van der Waals surface area contributed by atoms with E-state index in [-0.39, 0.29) is 0 Å². The van der Waals surface area contributed by atoms with Crippen molar-refractivity contribution in [2.45, 2.75) is 13.5 Å². The summed E-state index contributed by atoms with van der Waals surface area (Å²) in [5.74, 6) is 1.02. The monoisotopic (exact) mass is 300 g/mol. The van der Waals surface area contributed by atoms with E-state index in [1.54, 1.807) is 22.7 Å². The lowest BCUT2D eigenvalue weighted by Crippen LogP contribution is -2.01. The third-order valence-corrected chi connectivity index (χ3v) is 5.04. The first-order valence-electron chi connectivity index (χ1n) is 6.28. The fourth-order valence-corrected chi connectivity index (χ4v) is 3.93. The first kappa shape index (κ1) is 11.9. The molecule has 0 saturated carbocycles. The summed E-state index contributed by atoms with van der Waals surface area (Å²) in [5.41, 5.74) is 2.33. The molecule has 0 fully saturated rings. The summed E-state index contributed by atoms with van der Waals surface area (Å²) in [6, 6.07) is 2.13. The molecule has 6 heteroatoms. The molecule has 0 aliphatic rings. The molecule has 0 aromatic carbocycles. The van der Waals surface area contributed by atoms with Crippen LogP contribution < -0.4 is 0 Å². The normalized spacial score (nSPS) is 11.4. The van der Waals surface area contributed by atoms with Gasteiger partial charge in [-0.15, -0.1) is 22.7 Å². The lowest BCUT2D eigenvalue weighted by molar-refractivity contribution is 0.789. The smallest absolute Gasteiger partial charge is 0.193 e. The summed E-state index contributed by atoms with van der Waals surface area (Å²) in [6.45, 7) is 2.87. The maximum Gasteiger partial charge on any atom is 0.193 e. The minimum atomic E-state index is 0.751. The van der Waals surface area contributed by atoms with Crippen LogP contribution in [0.4, 0.5) is 0 Å². The third kappa shape index (κ3) is 1.88. The van der Waals surface area contributed by atoms with E-state index in [9.17, 15) is 0 Å². The minimum Gasteiger partial charge on any atom is -0.324 e. The van der Waals surface area contributed by atoms with Gasteiger partial charge in [-0.3, -0.25) is 4.40 Å². The van der Waals surface area contributed by atoms with Crippen molar-refractivity contribution in [3.05, 3.63) is 52.9 Å². The molecule has 0 atom stereocenters. The van der Waals surface area contributed by atoms with Crippen molar-refractivity contribution in [1.82, 2.24) is 18.9 Å².